The van der Waals surface area contributed by atoms with Crippen LogP contribution in [0.5, 0.6) is 0 Å². The Bertz CT molecular complexity index is 596. The van der Waals surface area contributed by atoms with Crippen LogP contribution in [0.15, 0.2) is 27.1 Å². The van der Waals surface area contributed by atoms with Crippen molar-refractivity contribution in [3.63, 3.8) is 0 Å². The maximum Gasteiger partial charge on any atom is 0.237 e. The number of nitrogens with zero attached hydrogens (tertiary/aromatic N) is 1. The Balaban J connectivity index is 1.84. The molecule has 0 bridgehead atoms. The van der Waals surface area contributed by atoms with Crippen LogP contribution in [0.2, 0.25) is 0 Å². The third-order valence-electron chi connectivity index (χ3n) is 2.90. The number of halogens is 1. The first-order valence-corrected chi connectivity index (χ1v) is 6.58. The fourth-order valence-electron chi connectivity index (χ4n) is 2.02. The van der Waals surface area contributed by atoms with E-state index in [1.54, 1.807) is 0 Å². The van der Waals surface area contributed by atoms with Gasteiger partial charge in [-0.05, 0) is 18.2 Å². The number of carbonyl (C=O) groups is 1. The molecule has 5 nitrogen and oxygen atoms in total. The van der Waals surface area contributed by atoms with Crippen molar-refractivity contribution in [2.45, 2.75) is 12.5 Å². The zero-order valence-corrected chi connectivity index (χ0v) is 11.2. The van der Waals surface area contributed by atoms with E-state index >= 15 is 0 Å². The molecule has 6 heteroatoms. The lowest BCUT2D eigenvalue weighted by atomic mass is 10.1. The third-order valence-corrected chi connectivity index (χ3v) is 3.40. The maximum atomic E-state index is 11.6. The number of amides is 1. The molecule has 0 radical (unpaired) electrons. The van der Waals surface area contributed by atoms with Crippen LogP contribution >= 0.6 is 15.9 Å². The molecule has 2 aromatic rings. The summed E-state index contributed by atoms with van der Waals surface area (Å²) in [6, 6.07) is 5.42. The molecule has 94 valence electrons. The number of benzene rings is 1. The van der Waals surface area contributed by atoms with Crippen LogP contribution in [0.4, 0.5) is 0 Å². The van der Waals surface area contributed by atoms with Crippen LogP contribution in [0.3, 0.4) is 0 Å². The Morgan fingerprint density at radius 3 is 3.17 bits per heavy atom. The van der Waals surface area contributed by atoms with E-state index in [-0.39, 0.29) is 11.9 Å². The Morgan fingerprint density at radius 1 is 1.44 bits per heavy atom. The maximum absolute atomic E-state index is 11.6. The Morgan fingerprint density at radius 2 is 2.33 bits per heavy atom. The second-order valence-corrected chi connectivity index (χ2v) is 5.14. The quantitative estimate of drug-likeness (QED) is 0.875. The smallest absolute Gasteiger partial charge is 0.237 e. The van der Waals surface area contributed by atoms with E-state index in [0.29, 0.717) is 18.9 Å². The number of rotatable bonds is 2. The van der Waals surface area contributed by atoms with Gasteiger partial charge in [-0.15, -0.1) is 0 Å². The third kappa shape index (κ3) is 2.26. The number of carbonyl (C=O) groups excluding carboxylic acids is 1. The van der Waals surface area contributed by atoms with E-state index in [4.69, 9.17) is 4.42 Å². The number of fused-ring (bicyclic) bond motifs is 1. The Hall–Kier alpha value is -1.40. The number of nitrogens with one attached hydrogen (secondary N) is 2. The van der Waals surface area contributed by atoms with Crippen LogP contribution < -0.4 is 10.6 Å². The van der Waals surface area contributed by atoms with Crippen molar-refractivity contribution < 1.29 is 9.21 Å². The molecular weight excluding hydrogens is 298 g/mol. The summed E-state index contributed by atoms with van der Waals surface area (Å²) in [5.41, 5.74) is 1.54. The molecule has 1 unspecified atom stereocenters. The average molecular weight is 310 g/mol. The monoisotopic (exact) mass is 309 g/mol. The van der Waals surface area contributed by atoms with Gasteiger partial charge in [-0.25, -0.2) is 4.98 Å². The summed E-state index contributed by atoms with van der Waals surface area (Å²) < 4.78 is 6.58. The highest BCUT2D eigenvalue weighted by Crippen LogP contribution is 2.21. The van der Waals surface area contributed by atoms with Gasteiger partial charge in [0, 0.05) is 24.0 Å². The molecule has 2 N–H and O–H groups in total. The summed E-state index contributed by atoms with van der Waals surface area (Å²) in [5.74, 6) is 0.585. The number of hydrogen-bond donors (Lipinski definition) is 2. The van der Waals surface area contributed by atoms with E-state index < -0.39 is 0 Å². The summed E-state index contributed by atoms with van der Waals surface area (Å²) in [7, 11) is 0. The molecule has 1 aliphatic heterocycles. The molecule has 3 rings (SSSR count). The fraction of sp³-hybridized carbons (Fsp3) is 0.333. The highest BCUT2D eigenvalue weighted by molar-refractivity contribution is 9.10. The molecule has 1 aromatic heterocycles. The van der Waals surface area contributed by atoms with Gasteiger partial charge in [-0.3, -0.25) is 4.79 Å². The van der Waals surface area contributed by atoms with Crippen LogP contribution in [-0.2, 0) is 11.2 Å². The molecule has 0 spiro atoms. The van der Waals surface area contributed by atoms with Crippen LogP contribution in [0.25, 0.3) is 11.1 Å². The summed E-state index contributed by atoms with van der Waals surface area (Å²) in [5, 5.41) is 5.97. The predicted molar refractivity (Wildman–Crippen MR) is 70.2 cm³/mol. The van der Waals surface area contributed by atoms with Gasteiger partial charge in [-0.1, -0.05) is 15.9 Å². The van der Waals surface area contributed by atoms with Crippen molar-refractivity contribution in [2.24, 2.45) is 0 Å². The van der Waals surface area contributed by atoms with Crippen molar-refractivity contribution in [3.8, 4) is 0 Å². The highest BCUT2D eigenvalue weighted by atomic mass is 79.9. The number of oxazole rings is 1. The first-order chi connectivity index (χ1) is 8.72. The van der Waals surface area contributed by atoms with Crippen molar-refractivity contribution in [2.75, 3.05) is 13.1 Å². The van der Waals surface area contributed by atoms with Crippen molar-refractivity contribution >= 4 is 32.9 Å². The van der Waals surface area contributed by atoms with Gasteiger partial charge in [0.2, 0.25) is 5.91 Å². The number of piperazine rings is 1. The average Bonchev–Trinajstić information content (AvgIpc) is 2.73. The van der Waals surface area contributed by atoms with Gasteiger partial charge >= 0.3 is 0 Å². The van der Waals surface area contributed by atoms with Crippen LogP contribution in [-0.4, -0.2) is 30.0 Å². The lowest BCUT2D eigenvalue weighted by Gasteiger charge is -2.22. The van der Waals surface area contributed by atoms with Gasteiger partial charge < -0.3 is 15.1 Å². The standard InChI is InChI=1S/C12H12BrN3O2/c13-7-1-2-10-8(5-7)16-11(18-10)6-9-12(17)15-4-3-14-9/h1-2,5,9,14H,3-4,6H2,(H,15,17). The van der Waals surface area contributed by atoms with Crippen molar-refractivity contribution in [1.82, 2.24) is 15.6 Å². The van der Waals surface area contributed by atoms with Gasteiger partial charge in [-0.2, -0.15) is 0 Å². The van der Waals surface area contributed by atoms with Crippen molar-refractivity contribution in [3.05, 3.63) is 28.6 Å². The zero-order valence-electron chi connectivity index (χ0n) is 9.57. The largest absolute Gasteiger partial charge is 0.441 e. The van der Waals surface area contributed by atoms with Gasteiger partial charge in [0.15, 0.2) is 11.5 Å². The molecule has 0 aliphatic carbocycles. The van der Waals surface area contributed by atoms with Crippen molar-refractivity contribution in [1.29, 1.82) is 0 Å². The first-order valence-electron chi connectivity index (χ1n) is 5.78. The molecule has 1 atom stereocenters. The number of aromatic nitrogens is 1. The van der Waals surface area contributed by atoms with E-state index in [1.807, 2.05) is 18.2 Å². The molecule has 1 fully saturated rings. The summed E-state index contributed by atoms with van der Waals surface area (Å²) in [6.07, 6.45) is 0.470. The van der Waals surface area contributed by atoms with E-state index in [9.17, 15) is 4.79 Å². The van der Waals surface area contributed by atoms with Gasteiger partial charge in [0.25, 0.3) is 0 Å². The van der Waals surface area contributed by atoms with Gasteiger partial charge in [0.05, 0.1) is 6.04 Å². The summed E-state index contributed by atoms with van der Waals surface area (Å²) >= 11 is 3.39. The minimum Gasteiger partial charge on any atom is -0.441 e. The van der Waals surface area contributed by atoms with Crippen LogP contribution in [0, 0.1) is 0 Å². The fourth-order valence-corrected chi connectivity index (χ4v) is 2.37. The molecule has 1 aliphatic rings. The molecular formula is C12H12BrN3O2. The molecule has 2 heterocycles. The van der Waals surface area contributed by atoms with E-state index in [2.05, 4.69) is 31.5 Å². The number of hydrogen-bond acceptors (Lipinski definition) is 4. The first kappa shape index (κ1) is 11.7. The van der Waals surface area contributed by atoms with E-state index in [0.717, 1.165) is 22.1 Å². The predicted octanol–water partition coefficient (Wildman–Crippen LogP) is 1.22. The minimum absolute atomic E-state index is 0.00434. The second-order valence-electron chi connectivity index (χ2n) is 4.22. The Kier molecular flexibility index (Phi) is 3.05. The SMILES string of the molecule is O=C1NCCNC1Cc1nc2cc(Br)ccc2o1. The lowest BCUT2D eigenvalue weighted by molar-refractivity contribution is -0.124. The highest BCUT2D eigenvalue weighted by Gasteiger charge is 2.23. The molecule has 0 saturated carbocycles. The van der Waals surface area contributed by atoms with E-state index in [1.165, 1.54) is 0 Å². The molecule has 1 amide bonds. The molecule has 1 saturated heterocycles. The normalized spacial score (nSPS) is 20.1. The zero-order chi connectivity index (χ0) is 12.5. The van der Waals surface area contributed by atoms with Gasteiger partial charge in [0.1, 0.15) is 5.52 Å². The van der Waals surface area contributed by atoms with Crippen LogP contribution in [0.1, 0.15) is 5.89 Å². The molecule has 18 heavy (non-hydrogen) atoms. The lowest BCUT2D eigenvalue weighted by Crippen LogP contribution is -2.53. The topological polar surface area (TPSA) is 67.2 Å². The Labute approximate surface area is 112 Å². The second kappa shape index (κ2) is 4.70. The summed E-state index contributed by atoms with van der Waals surface area (Å²) in [6.45, 7) is 1.46. The summed E-state index contributed by atoms with van der Waals surface area (Å²) in [4.78, 5) is 16.0. The molecule has 1 aromatic carbocycles. The minimum atomic E-state index is -0.254.